The molecule has 3 rings (SSSR count). The lowest BCUT2D eigenvalue weighted by Crippen LogP contribution is -2.33. The highest BCUT2D eigenvalue weighted by Crippen LogP contribution is 2.27. The van der Waals surface area contributed by atoms with Crippen LogP contribution in [0.15, 0.2) is 41.6 Å². The van der Waals surface area contributed by atoms with Gasteiger partial charge in [0.2, 0.25) is 5.91 Å². The minimum absolute atomic E-state index is 0.0292. The number of halogens is 3. The fourth-order valence-corrected chi connectivity index (χ4v) is 4.36. The first-order valence-corrected chi connectivity index (χ1v) is 12.5. The number of carbonyl (C=O) groups is 2. The summed E-state index contributed by atoms with van der Waals surface area (Å²) in [6.45, 7) is 5.79. The lowest BCUT2D eigenvalue weighted by Gasteiger charge is -2.22. The van der Waals surface area contributed by atoms with Gasteiger partial charge < -0.3 is 15.2 Å². The average molecular weight is 541 g/mol. The third-order valence-electron chi connectivity index (χ3n) is 5.16. The monoisotopic (exact) mass is 539 g/mol. The summed E-state index contributed by atoms with van der Waals surface area (Å²) in [6.07, 6.45) is 0. The van der Waals surface area contributed by atoms with Crippen LogP contribution in [0.25, 0.3) is 0 Å². The van der Waals surface area contributed by atoms with E-state index in [1.807, 2.05) is 20.8 Å². The van der Waals surface area contributed by atoms with Gasteiger partial charge in [0, 0.05) is 23.3 Å². The fourth-order valence-electron chi connectivity index (χ4n) is 3.17. The van der Waals surface area contributed by atoms with Gasteiger partial charge in [-0.2, -0.15) is 0 Å². The number of carbonyl (C=O) groups excluding carboxylic acids is 2. The standard InChI is InChI=1S/C23H24Cl3N5O2S/c1-12(2)20(28-22(33)14-8-9-16(25)17(26)10-14)21-29-30-23(31(21)4)34-11-19(32)27-18-7-5-6-15(24)13(18)3/h5-10,12,20H,11H2,1-4H3,(H,27,32)(H,28,33)/t20-/m0/s1. The van der Waals surface area contributed by atoms with Crippen molar-refractivity contribution in [3.05, 3.63) is 68.4 Å². The number of thioether (sulfide) groups is 1. The molecular weight excluding hydrogens is 517 g/mol. The Labute approximate surface area is 217 Å². The molecule has 1 atom stereocenters. The zero-order chi connectivity index (χ0) is 25.0. The third-order valence-corrected chi connectivity index (χ3v) is 7.32. The van der Waals surface area contributed by atoms with E-state index in [-0.39, 0.29) is 23.5 Å². The van der Waals surface area contributed by atoms with E-state index in [0.29, 0.717) is 37.3 Å². The maximum Gasteiger partial charge on any atom is 0.251 e. The molecule has 1 heterocycles. The van der Waals surface area contributed by atoms with E-state index >= 15 is 0 Å². The summed E-state index contributed by atoms with van der Waals surface area (Å²) in [5.74, 6) is 0.262. The molecule has 0 aliphatic rings. The van der Waals surface area contributed by atoms with E-state index in [9.17, 15) is 9.59 Å². The Kier molecular flexibility index (Phi) is 8.87. The van der Waals surface area contributed by atoms with Crippen molar-refractivity contribution in [1.82, 2.24) is 20.1 Å². The van der Waals surface area contributed by atoms with Crippen LogP contribution in [-0.4, -0.2) is 32.3 Å². The van der Waals surface area contributed by atoms with Gasteiger partial charge >= 0.3 is 0 Å². The fraction of sp³-hybridized carbons (Fsp3) is 0.304. The van der Waals surface area contributed by atoms with E-state index in [4.69, 9.17) is 34.8 Å². The number of hydrogen-bond donors (Lipinski definition) is 2. The van der Waals surface area contributed by atoms with E-state index in [1.165, 1.54) is 17.8 Å². The van der Waals surface area contributed by atoms with Gasteiger partial charge in [0.05, 0.1) is 21.8 Å². The van der Waals surface area contributed by atoms with Crippen molar-refractivity contribution in [2.45, 2.75) is 32.0 Å². The highest BCUT2D eigenvalue weighted by Gasteiger charge is 2.25. The Morgan fingerprint density at radius 3 is 2.47 bits per heavy atom. The molecule has 2 N–H and O–H groups in total. The summed E-state index contributed by atoms with van der Waals surface area (Å²) in [6, 6.07) is 9.66. The van der Waals surface area contributed by atoms with Crippen LogP contribution in [0.5, 0.6) is 0 Å². The van der Waals surface area contributed by atoms with Gasteiger partial charge in [-0.3, -0.25) is 9.59 Å². The molecule has 0 spiro atoms. The van der Waals surface area contributed by atoms with Gasteiger partial charge in [0.15, 0.2) is 11.0 Å². The topological polar surface area (TPSA) is 88.9 Å². The van der Waals surface area contributed by atoms with Gasteiger partial charge in [-0.15, -0.1) is 10.2 Å². The number of aromatic nitrogens is 3. The Bertz CT molecular complexity index is 1220. The van der Waals surface area contributed by atoms with Crippen molar-refractivity contribution in [1.29, 1.82) is 0 Å². The molecule has 3 aromatic rings. The number of benzene rings is 2. The molecule has 0 radical (unpaired) electrons. The van der Waals surface area contributed by atoms with Crippen molar-refractivity contribution in [2.24, 2.45) is 13.0 Å². The summed E-state index contributed by atoms with van der Waals surface area (Å²) in [5, 5.41) is 16.2. The lowest BCUT2D eigenvalue weighted by molar-refractivity contribution is -0.113. The lowest BCUT2D eigenvalue weighted by atomic mass is 10.0. The Morgan fingerprint density at radius 1 is 1.06 bits per heavy atom. The second-order valence-corrected chi connectivity index (χ2v) is 10.1. The van der Waals surface area contributed by atoms with Gasteiger partial charge in [-0.25, -0.2) is 0 Å². The highest BCUT2D eigenvalue weighted by molar-refractivity contribution is 7.99. The number of nitrogens with zero attached hydrogens (tertiary/aromatic N) is 3. The second kappa shape index (κ2) is 11.4. The largest absolute Gasteiger partial charge is 0.342 e. The Balaban J connectivity index is 1.69. The quantitative estimate of drug-likeness (QED) is 0.345. The molecule has 2 aromatic carbocycles. The predicted octanol–water partition coefficient (Wildman–Crippen LogP) is 5.94. The summed E-state index contributed by atoms with van der Waals surface area (Å²) in [5.41, 5.74) is 1.87. The molecule has 0 aliphatic heterocycles. The molecule has 11 heteroatoms. The van der Waals surface area contributed by atoms with E-state index < -0.39 is 6.04 Å². The predicted molar refractivity (Wildman–Crippen MR) is 138 cm³/mol. The third kappa shape index (κ3) is 6.24. The van der Waals surface area contributed by atoms with Crippen LogP contribution in [0.2, 0.25) is 15.1 Å². The molecule has 2 amide bonds. The molecular formula is C23H24Cl3N5O2S. The molecule has 0 saturated carbocycles. The van der Waals surface area contributed by atoms with Crippen molar-refractivity contribution >= 4 is 64.1 Å². The molecule has 0 saturated heterocycles. The van der Waals surface area contributed by atoms with E-state index in [0.717, 1.165) is 5.56 Å². The zero-order valence-electron chi connectivity index (χ0n) is 19.0. The normalized spacial score (nSPS) is 12.0. The van der Waals surface area contributed by atoms with E-state index in [1.54, 1.807) is 41.9 Å². The van der Waals surface area contributed by atoms with Crippen molar-refractivity contribution < 1.29 is 9.59 Å². The van der Waals surface area contributed by atoms with Crippen LogP contribution >= 0.6 is 46.6 Å². The molecule has 7 nitrogen and oxygen atoms in total. The number of hydrogen-bond acceptors (Lipinski definition) is 5. The first kappa shape index (κ1) is 26.3. The van der Waals surface area contributed by atoms with Crippen molar-refractivity contribution in [3.63, 3.8) is 0 Å². The van der Waals surface area contributed by atoms with Gasteiger partial charge in [-0.05, 0) is 48.7 Å². The first-order valence-electron chi connectivity index (χ1n) is 10.4. The Hall–Kier alpha value is -2.26. The van der Waals surface area contributed by atoms with Crippen LogP contribution in [0.3, 0.4) is 0 Å². The average Bonchev–Trinajstić information content (AvgIpc) is 3.15. The SMILES string of the molecule is Cc1c(Cl)cccc1NC(=O)CSc1nnc([C@@H](NC(=O)c2ccc(Cl)c(Cl)c2)C(C)C)n1C. The first-order chi connectivity index (χ1) is 16.1. The zero-order valence-corrected chi connectivity index (χ0v) is 22.1. The van der Waals surface area contributed by atoms with Crippen LogP contribution in [-0.2, 0) is 11.8 Å². The van der Waals surface area contributed by atoms with Crippen LogP contribution < -0.4 is 10.6 Å². The minimum atomic E-state index is -0.406. The summed E-state index contributed by atoms with van der Waals surface area (Å²) >= 11 is 19.4. The second-order valence-electron chi connectivity index (χ2n) is 7.97. The van der Waals surface area contributed by atoms with Gasteiger partial charge in [-0.1, -0.05) is 66.5 Å². The highest BCUT2D eigenvalue weighted by atomic mass is 35.5. The van der Waals surface area contributed by atoms with Gasteiger partial charge in [0.25, 0.3) is 5.91 Å². The van der Waals surface area contributed by atoms with Crippen LogP contribution in [0.4, 0.5) is 5.69 Å². The Morgan fingerprint density at radius 2 is 1.79 bits per heavy atom. The smallest absolute Gasteiger partial charge is 0.251 e. The van der Waals surface area contributed by atoms with E-state index in [2.05, 4.69) is 20.8 Å². The molecule has 0 fully saturated rings. The molecule has 180 valence electrons. The van der Waals surface area contributed by atoms with Gasteiger partial charge in [0.1, 0.15) is 0 Å². The van der Waals surface area contributed by atoms with Crippen molar-refractivity contribution in [2.75, 3.05) is 11.1 Å². The van der Waals surface area contributed by atoms with Crippen LogP contribution in [0.1, 0.15) is 41.6 Å². The number of anilines is 1. The molecule has 0 unspecified atom stereocenters. The maximum atomic E-state index is 12.8. The molecule has 34 heavy (non-hydrogen) atoms. The summed E-state index contributed by atoms with van der Waals surface area (Å²) < 4.78 is 1.78. The summed E-state index contributed by atoms with van der Waals surface area (Å²) in [7, 11) is 1.80. The molecule has 0 bridgehead atoms. The minimum Gasteiger partial charge on any atom is -0.342 e. The van der Waals surface area contributed by atoms with Crippen molar-refractivity contribution in [3.8, 4) is 0 Å². The number of amides is 2. The number of nitrogens with one attached hydrogen (secondary N) is 2. The maximum absolute atomic E-state index is 12.8. The van der Waals surface area contributed by atoms with Crippen LogP contribution in [0, 0.1) is 12.8 Å². The molecule has 0 aliphatic carbocycles. The molecule has 1 aromatic heterocycles. The summed E-state index contributed by atoms with van der Waals surface area (Å²) in [4.78, 5) is 25.3. The number of rotatable bonds is 8.